The number of ether oxygens (including phenoxy) is 1. The van der Waals surface area contributed by atoms with E-state index in [1.165, 1.54) is 6.08 Å². The van der Waals surface area contributed by atoms with Gasteiger partial charge in [-0.3, -0.25) is 19.3 Å². The van der Waals surface area contributed by atoms with Crippen molar-refractivity contribution in [2.45, 2.75) is 13.8 Å². The van der Waals surface area contributed by atoms with Gasteiger partial charge in [0.15, 0.2) is 5.88 Å². The third kappa shape index (κ3) is 4.83. The lowest BCUT2D eigenvalue weighted by Gasteiger charge is -2.26. The highest BCUT2D eigenvalue weighted by atomic mass is 32.2. The molecule has 0 aliphatic carbocycles. The zero-order valence-corrected chi connectivity index (χ0v) is 18.2. The smallest absolute Gasteiger partial charge is 0.294 e. The molecule has 1 aromatic carbocycles. The molecule has 3 amide bonds. The van der Waals surface area contributed by atoms with Crippen molar-refractivity contribution in [3.63, 3.8) is 0 Å². The number of rotatable bonds is 5. The van der Waals surface area contributed by atoms with Crippen molar-refractivity contribution >= 4 is 46.5 Å². The second-order valence-electron chi connectivity index (χ2n) is 7.39. The molecule has 0 spiro atoms. The molecule has 162 valence electrons. The lowest BCUT2D eigenvalue weighted by molar-refractivity contribution is -0.127. The van der Waals surface area contributed by atoms with Gasteiger partial charge in [-0.1, -0.05) is 6.07 Å². The molecule has 2 aliphatic rings. The maximum Gasteiger partial charge on any atom is 0.294 e. The molecule has 1 N–H and O–H groups in total. The molecule has 31 heavy (non-hydrogen) atoms. The standard InChI is InChI=1S/C22H23N3O5S/c1-14-3-4-16(11-15(14)2)23-19(26)13-25-21(27)18(31-22(25)28)12-17-5-6-20(30-17)24-7-9-29-10-8-24/h3-6,11-12H,7-10,13H2,1-2H3,(H,23,26)/b18-12-. The van der Waals surface area contributed by atoms with Gasteiger partial charge >= 0.3 is 0 Å². The average molecular weight is 442 g/mol. The molecule has 0 bridgehead atoms. The second kappa shape index (κ2) is 8.99. The summed E-state index contributed by atoms with van der Waals surface area (Å²) >= 11 is 0.799. The van der Waals surface area contributed by atoms with Crippen LogP contribution >= 0.6 is 11.8 Å². The van der Waals surface area contributed by atoms with E-state index in [1.54, 1.807) is 12.1 Å². The SMILES string of the molecule is Cc1ccc(NC(=O)CN2C(=O)S/C(=C\c3ccc(N4CCOCC4)o3)C2=O)cc1C. The summed E-state index contributed by atoms with van der Waals surface area (Å²) < 4.78 is 11.1. The number of carbonyl (C=O) groups is 3. The Hall–Kier alpha value is -3.04. The summed E-state index contributed by atoms with van der Waals surface area (Å²) in [6.45, 7) is 6.34. The minimum Gasteiger partial charge on any atom is -0.441 e. The fourth-order valence-corrected chi connectivity index (χ4v) is 4.12. The van der Waals surface area contributed by atoms with Crippen molar-refractivity contribution < 1.29 is 23.5 Å². The number of carbonyl (C=O) groups excluding carboxylic acids is 3. The fourth-order valence-electron chi connectivity index (χ4n) is 3.30. The van der Waals surface area contributed by atoms with Gasteiger partial charge < -0.3 is 19.4 Å². The molecule has 2 aromatic rings. The quantitative estimate of drug-likeness (QED) is 0.711. The first-order valence-electron chi connectivity index (χ1n) is 9.96. The fraction of sp³-hybridized carbons (Fsp3) is 0.318. The maximum atomic E-state index is 12.7. The Balaban J connectivity index is 1.40. The van der Waals surface area contributed by atoms with E-state index in [9.17, 15) is 14.4 Å². The van der Waals surface area contributed by atoms with E-state index >= 15 is 0 Å². The summed E-state index contributed by atoms with van der Waals surface area (Å²) in [5.74, 6) is 0.238. The molecule has 2 fully saturated rings. The van der Waals surface area contributed by atoms with E-state index in [2.05, 4.69) is 10.2 Å². The van der Waals surface area contributed by atoms with Gasteiger partial charge in [0.25, 0.3) is 11.1 Å². The summed E-state index contributed by atoms with van der Waals surface area (Å²) in [5.41, 5.74) is 2.78. The average Bonchev–Trinajstić information content (AvgIpc) is 3.32. The number of thioether (sulfide) groups is 1. The van der Waals surface area contributed by atoms with Crippen LogP contribution in [0.4, 0.5) is 16.4 Å². The number of nitrogens with one attached hydrogen (secondary N) is 1. The van der Waals surface area contributed by atoms with Gasteiger partial charge in [0, 0.05) is 30.9 Å². The predicted molar refractivity (Wildman–Crippen MR) is 119 cm³/mol. The molecule has 1 aromatic heterocycles. The summed E-state index contributed by atoms with van der Waals surface area (Å²) in [4.78, 5) is 40.6. The Kier molecular flexibility index (Phi) is 6.15. The Morgan fingerprint density at radius 2 is 1.90 bits per heavy atom. The van der Waals surface area contributed by atoms with Crippen LogP contribution in [0.5, 0.6) is 0 Å². The van der Waals surface area contributed by atoms with Gasteiger partial charge in [-0.2, -0.15) is 0 Å². The third-order valence-corrected chi connectivity index (χ3v) is 6.08. The maximum absolute atomic E-state index is 12.7. The van der Waals surface area contributed by atoms with Gasteiger partial charge in [0.1, 0.15) is 12.3 Å². The minimum absolute atomic E-state index is 0.229. The van der Waals surface area contributed by atoms with E-state index < -0.39 is 17.1 Å². The van der Waals surface area contributed by atoms with E-state index in [0.29, 0.717) is 30.5 Å². The molecule has 0 unspecified atom stereocenters. The molecule has 9 heteroatoms. The van der Waals surface area contributed by atoms with E-state index in [1.807, 2.05) is 32.0 Å². The first-order valence-corrected chi connectivity index (χ1v) is 10.8. The third-order valence-electron chi connectivity index (χ3n) is 5.17. The first-order chi connectivity index (χ1) is 14.9. The summed E-state index contributed by atoms with van der Waals surface area (Å²) in [7, 11) is 0. The van der Waals surface area contributed by atoms with Crippen molar-refractivity contribution in [2.24, 2.45) is 0 Å². The lowest BCUT2D eigenvalue weighted by Crippen LogP contribution is -2.36. The number of imide groups is 1. The molecule has 4 rings (SSSR count). The Bertz CT molecular complexity index is 1060. The van der Waals surface area contributed by atoms with Gasteiger partial charge in [0.05, 0.1) is 18.1 Å². The topological polar surface area (TPSA) is 92.1 Å². The molecule has 2 aliphatic heterocycles. The van der Waals surface area contributed by atoms with E-state index in [4.69, 9.17) is 9.15 Å². The highest BCUT2D eigenvalue weighted by Gasteiger charge is 2.36. The monoisotopic (exact) mass is 441 g/mol. The summed E-state index contributed by atoms with van der Waals surface area (Å²) in [6, 6.07) is 9.13. The van der Waals surface area contributed by atoms with Crippen LogP contribution in [0.1, 0.15) is 16.9 Å². The number of nitrogens with zero attached hydrogens (tertiary/aromatic N) is 2. The van der Waals surface area contributed by atoms with Gasteiger partial charge in [-0.25, -0.2) is 0 Å². The highest BCUT2D eigenvalue weighted by molar-refractivity contribution is 8.18. The number of furan rings is 1. The Morgan fingerprint density at radius 3 is 2.65 bits per heavy atom. The number of morpholine rings is 1. The number of aryl methyl sites for hydroxylation is 2. The summed E-state index contributed by atoms with van der Waals surface area (Å²) in [5, 5.41) is 2.25. The number of hydrogen-bond acceptors (Lipinski definition) is 7. The Morgan fingerprint density at radius 1 is 1.13 bits per heavy atom. The number of benzene rings is 1. The van der Waals surface area contributed by atoms with Crippen LogP contribution in [0.3, 0.4) is 0 Å². The van der Waals surface area contributed by atoms with Crippen LogP contribution in [-0.2, 0) is 14.3 Å². The van der Waals surface area contributed by atoms with E-state index in [-0.39, 0.29) is 11.4 Å². The normalized spacial score (nSPS) is 18.2. The largest absolute Gasteiger partial charge is 0.441 e. The van der Waals surface area contributed by atoms with Gasteiger partial charge in [-0.15, -0.1) is 0 Å². The van der Waals surface area contributed by atoms with E-state index in [0.717, 1.165) is 40.9 Å². The van der Waals surface area contributed by atoms with Crippen molar-refractivity contribution in [1.29, 1.82) is 0 Å². The number of amides is 3. The van der Waals surface area contributed by atoms with Crippen LogP contribution in [-0.4, -0.2) is 54.8 Å². The zero-order chi connectivity index (χ0) is 22.0. The van der Waals surface area contributed by atoms with Crippen LogP contribution in [0, 0.1) is 13.8 Å². The van der Waals surface area contributed by atoms with Crippen molar-refractivity contribution in [3.8, 4) is 0 Å². The van der Waals surface area contributed by atoms with Crippen LogP contribution < -0.4 is 10.2 Å². The van der Waals surface area contributed by atoms with Gasteiger partial charge in [0.2, 0.25) is 5.91 Å². The second-order valence-corrected chi connectivity index (χ2v) is 8.38. The lowest BCUT2D eigenvalue weighted by atomic mass is 10.1. The van der Waals surface area contributed by atoms with Crippen LogP contribution in [0.15, 0.2) is 39.7 Å². The molecule has 3 heterocycles. The number of hydrogen-bond donors (Lipinski definition) is 1. The molecule has 0 saturated carbocycles. The van der Waals surface area contributed by atoms with Crippen molar-refractivity contribution in [1.82, 2.24) is 4.90 Å². The molecule has 8 nitrogen and oxygen atoms in total. The predicted octanol–water partition coefficient (Wildman–Crippen LogP) is 3.41. The number of anilines is 2. The van der Waals surface area contributed by atoms with Crippen LogP contribution in [0.25, 0.3) is 6.08 Å². The zero-order valence-electron chi connectivity index (χ0n) is 17.3. The minimum atomic E-state index is -0.505. The highest BCUT2D eigenvalue weighted by Crippen LogP contribution is 2.33. The van der Waals surface area contributed by atoms with Crippen molar-refractivity contribution in [3.05, 3.63) is 52.1 Å². The van der Waals surface area contributed by atoms with Gasteiger partial charge in [-0.05, 0) is 54.9 Å². The van der Waals surface area contributed by atoms with Crippen molar-refractivity contribution in [2.75, 3.05) is 43.1 Å². The Labute approximate surface area is 184 Å². The van der Waals surface area contributed by atoms with Crippen LogP contribution in [0.2, 0.25) is 0 Å². The molecule has 0 atom stereocenters. The molecule has 2 saturated heterocycles. The molecular weight excluding hydrogens is 418 g/mol. The summed E-state index contributed by atoms with van der Waals surface area (Å²) in [6.07, 6.45) is 1.54. The molecular formula is C22H23N3O5S. The molecule has 0 radical (unpaired) electrons. The first kappa shape index (κ1) is 21.2.